The molecule has 0 saturated carbocycles. The number of hydrogen-bond donors (Lipinski definition) is 1. The van der Waals surface area contributed by atoms with Crippen LogP contribution in [-0.4, -0.2) is 14.9 Å². The Labute approximate surface area is 108 Å². The molecule has 1 unspecified atom stereocenters. The van der Waals surface area contributed by atoms with E-state index in [1.165, 1.54) is 11.1 Å². The third kappa shape index (κ3) is 2.46. The van der Waals surface area contributed by atoms with E-state index in [1.807, 2.05) is 29.1 Å². The van der Waals surface area contributed by atoms with E-state index in [0.717, 1.165) is 11.1 Å². The van der Waals surface area contributed by atoms with E-state index in [1.54, 1.807) is 6.20 Å². The smallest absolute Gasteiger partial charge is 0.107 e. The number of rotatable bonds is 3. The Morgan fingerprint density at radius 3 is 2.39 bits per heavy atom. The second-order valence-corrected chi connectivity index (χ2v) is 5.09. The summed E-state index contributed by atoms with van der Waals surface area (Å²) in [5.74, 6) is 0. The number of aliphatic hydroxyl groups is 1. The highest BCUT2D eigenvalue weighted by atomic mass is 16.3. The predicted octanol–water partition coefficient (Wildman–Crippen LogP) is 3.16. The molecule has 0 spiro atoms. The van der Waals surface area contributed by atoms with Gasteiger partial charge < -0.3 is 5.11 Å². The molecule has 0 bridgehead atoms. The largest absolute Gasteiger partial charge is 0.384 e. The van der Waals surface area contributed by atoms with Crippen molar-refractivity contribution in [3.8, 4) is 0 Å². The molecule has 0 radical (unpaired) electrons. The van der Waals surface area contributed by atoms with E-state index in [4.69, 9.17) is 0 Å². The molecule has 1 N–H and O–H groups in total. The van der Waals surface area contributed by atoms with Crippen molar-refractivity contribution in [1.29, 1.82) is 0 Å². The Kier molecular flexibility index (Phi) is 3.53. The fourth-order valence-electron chi connectivity index (χ4n) is 1.90. The summed E-state index contributed by atoms with van der Waals surface area (Å²) in [6, 6.07) is 6.36. The number of hydrogen-bond acceptors (Lipinski definition) is 2. The van der Waals surface area contributed by atoms with Crippen LogP contribution in [0.25, 0.3) is 0 Å². The molecule has 3 nitrogen and oxygen atoms in total. The molecule has 1 atom stereocenters. The van der Waals surface area contributed by atoms with E-state index in [9.17, 15) is 5.11 Å². The zero-order valence-corrected chi connectivity index (χ0v) is 11.4. The van der Waals surface area contributed by atoms with Gasteiger partial charge in [-0.3, -0.25) is 4.68 Å². The molecule has 0 saturated heterocycles. The van der Waals surface area contributed by atoms with E-state index < -0.39 is 6.10 Å². The fraction of sp³-hybridized carbons (Fsp3) is 0.400. The molecule has 3 heteroatoms. The van der Waals surface area contributed by atoms with Crippen LogP contribution in [0.4, 0.5) is 0 Å². The van der Waals surface area contributed by atoms with Crippen molar-refractivity contribution in [3.05, 3.63) is 52.8 Å². The van der Waals surface area contributed by atoms with Crippen LogP contribution in [0.1, 0.15) is 48.2 Å². The first-order valence-corrected chi connectivity index (χ1v) is 6.28. The minimum atomic E-state index is -0.600. The van der Waals surface area contributed by atoms with E-state index in [2.05, 4.69) is 32.8 Å². The summed E-state index contributed by atoms with van der Waals surface area (Å²) in [4.78, 5) is 0. The Bertz CT molecular complexity index is 543. The van der Waals surface area contributed by atoms with Crippen molar-refractivity contribution in [1.82, 2.24) is 9.78 Å². The normalized spacial score (nSPS) is 13.0. The van der Waals surface area contributed by atoms with Gasteiger partial charge in [0.2, 0.25) is 0 Å². The molecule has 96 valence electrons. The number of aryl methyl sites for hydroxylation is 2. The van der Waals surface area contributed by atoms with E-state index in [-0.39, 0.29) is 0 Å². The summed E-state index contributed by atoms with van der Waals surface area (Å²) >= 11 is 0. The van der Waals surface area contributed by atoms with Gasteiger partial charge in [-0.15, -0.1) is 0 Å². The van der Waals surface area contributed by atoms with Crippen molar-refractivity contribution in [2.75, 3.05) is 0 Å². The maximum absolute atomic E-state index is 10.3. The lowest BCUT2D eigenvalue weighted by Gasteiger charge is -2.11. The summed E-state index contributed by atoms with van der Waals surface area (Å²) in [5.41, 5.74) is 4.19. The van der Waals surface area contributed by atoms with Crippen LogP contribution in [-0.2, 0) is 0 Å². The van der Waals surface area contributed by atoms with Crippen molar-refractivity contribution >= 4 is 0 Å². The molecular weight excluding hydrogens is 224 g/mol. The Hall–Kier alpha value is -1.61. The van der Waals surface area contributed by atoms with Crippen LogP contribution >= 0.6 is 0 Å². The molecule has 0 amide bonds. The second kappa shape index (κ2) is 4.94. The lowest BCUT2D eigenvalue weighted by Crippen LogP contribution is -2.02. The highest BCUT2D eigenvalue weighted by Crippen LogP contribution is 2.24. The van der Waals surface area contributed by atoms with Gasteiger partial charge in [-0.05, 0) is 44.4 Å². The molecule has 2 rings (SSSR count). The maximum atomic E-state index is 10.3. The predicted molar refractivity (Wildman–Crippen MR) is 72.6 cm³/mol. The Morgan fingerprint density at radius 1 is 1.11 bits per heavy atom. The summed E-state index contributed by atoms with van der Waals surface area (Å²) in [6.45, 7) is 8.27. The first kappa shape index (κ1) is 12.8. The van der Waals surface area contributed by atoms with Gasteiger partial charge in [0.1, 0.15) is 6.10 Å². The van der Waals surface area contributed by atoms with Gasteiger partial charge in [0.15, 0.2) is 0 Å². The number of aliphatic hydroxyl groups excluding tert-OH is 1. The molecule has 0 aliphatic heterocycles. The Balaban J connectivity index is 2.29. The zero-order valence-electron chi connectivity index (χ0n) is 11.4. The molecule has 0 aliphatic rings. The van der Waals surface area contributed by atoms with Crippen molar-refractivity contribution in [2.45, 2.75) is 39.8 Å². The van der Waals surface area contributed by atoms with Crippen LogP contribution in [0.15, 0.2) is 30.6 Å². The van der Waals surface area contributed by atoms with Crippen LogP contribution in [0.3, 0.4) is 0 Å². The number of nitrogens with zero attached hydrogens (tertiary/aromatic N) is 2. The third-order valence-corrected chi connectivity index (χ3v) is 3.31. The standard InChI is InChI=1S/C15H20N2O/c1-10(2)17-9-14(8-16-17)15(18)13-6-5-11(3)12(4)7-13/h5-10,15,18H,1-4H3. The van der Waals surface area contributed by atoms with Crippen LogP contribution in [0.5, 0.6) is 0 Å². The lowest BCUT2D eigenvalue weighted by molar-refractivity contribution is 0.220. The van der Waals surface area contributed by atoms with Crippen LogP contribution in [0.2, 0.25) is 0 Å². The van der Waals surface area contributed by atoms with Gasteiger partial charge in [-0.1, -0.05) is 18.2 Å². The molecule has 0 aliphatic carbocycles. The van der Waals surface area contributed by atoms with Crippen molar-refractivity contribution < 1.29 is 5.11 Å². The first-order valence-electron chi connectivity index (χ1n) is 6.28. The van der Waals surface area contributed by atoms with Gasteiger partial charge >= 0.3 is 0 Å². The minimum absolute atomic E-state index is 0.311. The van der Waals surface area contributed by atoms with Gasteiger partial charge in [0.25, 0.3) is 0 Å². The highest BCUT2D eigenvalue weighted by molar-refractivity contribution is 5.34. The number of benzene rings is 1. The van der Waals surface area contributed by atoms with Crippen molar-refractivity contribution in [3.63, 3.8) is 0 Å². The van der Waals surface area contributed by atoms with Crippen LogP contribution in [0, 0.1) is 13.8 Å². The van der Waals surface area contributed by atoms with Gasteiger partial charge in [-0.25, -0.2) is 0 Å². The third-order valence-electron chi connectivity index (χ3n) is 3.31. The molecule has 1 heterocycles. The van der Waals surface area contributed by atoms with E-state index in [0.29, 0.717) is 6.04 Å². The fourth-order valence-corrected chi connectivity index (χ4v) is 1.90. The average molecular weight is 244 g/mol. The van der Waals surface area contributed by atoms with Gasteiger partial charge in [0.05, 0.1) is 6.20 Å². The number of aromatic nitrogens is 2. The molecule has 0 fully saturated rings. The van der Waals surface area contributed by atoms with E-state index >= 15 is 0 Å². The highest BCUT2D eigenvalue weighted by Gasteiger charge is 2.13. The molecule has 1 aromatic carbocycles. The SMILES string of the molecule is Cc1ccc(C(O)c2cnn(C(C)C)c2)cc1C. The Morgan fingerprint density at radius 2 is 1.83 bits per heavy atom. The van der Waals surface area contributed by atoms with Crippen LogP contribution < -0.4 is 0 Å². The maximum Gasteiger partial charge on any atom is 0.107 e. The lowest BCUT2D eigenvalue weighted by atomic mass is 10.00. The first-order chi connectivity index (χ1) is 8.49. The summed E-state index contributed by atoms with van der Waals surface area (Å²) < 4.78 is 1.86. The average Bonchev–Trinajstić information content (AvgIpc) is 2.81. The summed E-state index contributed by atoms with van der Waals surface area (Å²) in [7, 11) is 0. The molecular formula is C15H20N2O. The molecule has 18 heavy (non-hydrogen) atoms. The molecule has 2 aromatic rings. The molecule has 1 aromatic heterocycles. The quantitative estimate of drug-likeness (QED) is 0.900. The topological polar surface area (TPSA) is 38.1 Å². The summed E-state index contributed by atoms with van der Waals surface area (Å²) in [5, 5.41) is 14.6. The zero-order chi connectivity index (χ0) is 13.3. The van der Waals surface area contributed by atoms with Crippen molar-refractivity contribution in [2.24, 2.45) is 0 Å². The minimum Gasteiger partial charge on any atom is -0.384 e. The van der Waals surface area contributed by atoms with Gasteiger partial charge in [-0.2, -0.15) is 5.10 Å². The van der Waals surface area contributed by atoms with Gasteiger partial charge in [0, 0.05) is 17.8 Å². The second-order valence-electron chi connectivity index (χ2n) is 5.09. The summed E-state index contributed by atoms with van der Waals surface area (Å²) in [6.07, 6.45) is 3.04. The monoisotopic (exact) mass is 244 g/mol.